The lowest BCUT2D eigenvalue weighted by molar-refractivity contribution is 0.0600. The van der Waals surface area contributed by atoms with E-state index in [1.54, 1.807) is 0 Å². The van der Waals surface area contributed by atoms with Gasteiger partial charge in [0.05, 0.1) is 12.7 Å². The Bertz CT molecular complexity index is 850. The van der Waals surface area contributed by atoms with Crippen molar-refractivity contribution in [2.75, 3.05) is 7.11 Å². The number of ether oxygens (including phenoxy) is 1. The molecule has 2 aromatic rings. The Labute approximate surface area is 141 Å². The van der Waals surface area contributed by atoms with Gasteiger partial charge in [-0.25, -0.2) is 4.79 Å². The Balaban J connectivity index is 1.92. The average molecular weight is 320 g/mol. The standard InChI is InChI=1S/C21H20O3/c1-12-3-4-15(10-17(12)21(23)24-2)19-8-13(11-22)7-18-14-5-6-16(9-14)20(18)19/h3-4,7-8,10-11,14,16H,5-6,9H2,1-2H3. The van der Waals surface area contributed by atoms with Crippen molar-refractivity contribution < 1.29 is 14.3 Å². The highest BCUT2D eigenvalue weighted by atomic mass is 16.5. The summed E-state index contributed by atoms with van der Waals surface area (Å²) >= 11 is 0. The molecule has 2 aromatic carbocycles. The Morgan fingerprint density at radius 3 is 2.71 bits per heavy atom. The Morgan fingerprint density at radius 2 is 1.96 bits per heavy atom. The molecule has 24 heavy (non-hydrogen) atoms. The first-order valence-electron chi connectivity index (χ1n) is 8.44. The van der Waals surface area contributed by atoms with Gasteiger partial charge in [-0.3, -0.25) is 4.79 Å². The monoisotopic (exact) mass is 320 g/mol. The van der Waals surface area contributed by atoms with Crippen molar-refractivity contribution in [3.05, 3.63) is 58.1 Å². The SMILES string of the molecule is COC(=O)c1cc(-c2cc(C=O)cc3c2C2CCC3C2)ccc1C. The minimum Gasteiger partial charge on any atom is -0.465 e. The summed E-state index contributed by atoms with van der Waals surface area (Å²) in [5, 5.41) is 0. The molecule has 2 aliphatic carbocycles. The van der Waals surface area contributed by atoms with E-state index < -0.39 is 0 Å². The third kappa shape index (κ3) is 2.19. The van der Waals surface area contributed by atoms with Gasteiger partial charge >= 0.3 is 5.97 Å². The fraction of sp³-hybridized carbons (Fsp3) is 0.333. The highest BCUT2D eigenvalue weighted by Crippen LogP contribution is 2.56. The number of hydrogen-bond acceptors (Lipinski definition) is 3. The highest BCUT2D eigenvalue weighted by molar-refractivity contribution is 5.93. The average Bonchev–Trinajstić information content (AvgIpc) is 3.23. The molecule has 0 aromatic heterocycles. The van der Waals surface area contributed by atoms with Crippen molar-refractivity contribution in [3.8, 4) is 11.1 Å². The minimum absolute atomic E-state index is 0.320. The Hall–Kier alpha value is -2.42. The van der Waals surface area contributed by atoms with E-state index in [4.69, 9.17) is 4.74 Å². The fourth-order valence-electron chi connectivity index (χ4n) is 4.44. The van der Waals surface area contributed by atoms with E-state index in [2.05, 4.69) is 6.07 Å². The number of hydrogen-bond donors (Lipinski definition) is 0. The van der Waals surface area contributed by atoms with Crippen molar-refractivity contribution in [2.24, 2.45) is 0 Å². The number of fused-ring (bicyclic) bond motifs is 5. The lowest BCUT2D eigenvalue weighted by Crippen LogP contribution is -2.05. The van der Waals surface area contributed by atoms with Crippen LogP contribution in [0, 0.1) is 6.92 Å². The third-order valence-electron chi connectivity index (χ3n) is 5.61. The highest BCUT2D eigenvalue weighted by Gasteiger charge is 2.38. The molecule has 0 radical (unpaired) electrons. The van der Waals surface area contributed by atoms with Gasteiger partial charge in [-0.15, -0.1) is 0 Å². The number of rotatable bonds is 3. The fourth-order valence-corrected chi connectivity index (χ4v) is 4.44. The molecule has 122 valence electrons. The van der Waals surface area contributed by atoms with Gasteiger partial charge in [0.15, 0.2) is 0 Å². The molecule has 0 aliphatic heterocycles. The van der Waals surface area contributed by atoms with Crippen LogP contribution in [0.4, 0.5) is 0 Å². The van der Waals surface area contributed by atoms with Gasteiger partial charge < -0.3 is 4.74 Å². The molecule has 0 heterocycles. The molecule has 2 atom stereocenters. The summed E-state index contributed by atoms with van der Waals surface area (Å²) < 4.78 is 4.90. The number of benzene rings is 2. The van der Waals surface area contributed by atoms with Crippen LogP contribution < -0.4 is 0 Å². The van der Waals surface area contributed by atoms with Crippen molar-refractivity contribution in [1.82, 2.24) is 0 Å². The smallest absolute Gasteiger partial charge is 0.338 e. The molecule has 3 heteroatoms. The molecule has 1 saturated carbocycles. The van der Waals surface area contributed by atoms with Crippen LogP contribution in [-0.2, 0) is 4.74 Å². The molecule has 2 unspecified atom stereocenters. The maximum atomic E-state index is 12.0. The van der Waals surface area contributed by atoms with Crippen LogP contribution >= 0.6 is 0 Å². The predicted molar refractivity (Wildman–Crippen MR) is 92.7 cm³/mol. The van der Waals surface area contributed by atoms with Crippen molar-refractivity contribution in [1.29, 1.82) is 0 Å². The summed E-state index contributed by atoms with van der Waals surface area (Å²) in [4.78, 5) is 23.4. The molecule has 0 spiro atoms. The molecule has 0 amide bonds. The number of carbonyl (C=O) groups is 2. The van der Waals surface area contributed by atoms with E-state index in [0.29, 0.717) is 17.4 Å². The molecule has 3 nitrogen and oxygen atoms in total. The topological polar surface area (TPSA) is 43.4 Å². The lowest BCUT2D eigenvalue weighted by Gasteiger charge is -2.20. The molecule has 0 saturated heterocycles. The summed E-state index contributed by atoms with van der Waals surface area (Å²) in [6, 6.07) is 9.92. The van der Waals surface area contributed by atoms with E-state index >= 15 is 0 Å². The third-order valence-corrected chi connectivity index (χ3v) is 5.61. The van der Waals surface area contributed by atoms with Crippen LogP contribution in [-0.4, -0.2) is 19.4 Å². The van der Waals surface area contributed by atoms with Crippen molar-refractivity contribution in [2.45, 2.75) is 38.0 Å². The number of aryl methyl sites for hydroxylation is 1. The Morgan fingerprint density at radius 1 is 1.17 bits per heavy atom. The first kappa shape index (κ1) is 15.1. The second kappa shape index (κ2) is 5.59. The van der Waals surface area contributed by atoms with Crippen LogP contribution in [0.25, 0.3) is 11.1 Å². The summed E-state index contributed by atoms with van der Waals surface area (Å²) in [5.74, 6) is 0.858. The minimum atomic E-state index is -0.320. The van der Waals surface area contributed by atoms with Crippen LogP contribution in [0.5, 0.6) is 0 Å². The molecule has 4 rings (SSSR count). The zero-order valence-corrected chi connectivity index (χ0v) is 14.0. The van der Waals surface area contributed by atoms with E-state index in [-0.39, 0.29) is 5.97 Å². The van der Waals surface area contributed by atoms with E-state index in [1.165, 1.54) is 37.5 Å². The maximum absolute atomic E-state index is 12.0. The van der Waals surface area contributed by atoms with Gasteiger partial charge in [0, 0.05) is 5.56 Å². The van der Waals surface area contributed by atoms with Crippen LogP contribution in [0.2, 0.25) is 0 Å². The summed E-state index contributed by atoms with van der Waals surface area (Å²) in [6.07, 6.45) is 4.56. The molecule has 2 aliphatic rings. The second-order valence-electron chi connectivity index (χ2n) is 6.92. The van der Waals surface area contributed by atoms with Crippen molar-refractivity contribution in [3.63, 3.8) is 0 Å². The first-order chi connectivity index (χ1) is 11.6. The van der Waals surface area contributed by atoms with Gasteiger partial charge in [0.25, 0.3) is 0 Å². The molecular weight excluding hydrogens is 300 g/mol. The first-order valence-corrected chi connectivity index (χ1v) is 8.44. The van der Waals surface area contributed by atoms with Gasteiger partial charge in [-0.05, 0) is 84.0 Å². The molecule has 0 N–H and O–H groups in total. The van der Waals surface area contributed by atoms with Gasteiger partial charge in [-0.2, -0.15) is 0 Å². The van der Waals surface area contributed by atoms with E-state index in [9.17, 15) is 9.59 Å². The zero-order valence-electron chi connectivity index (χ0n) is 14.0. The normalized spacial score (nSPS) is 20.8. The van der Waals surface area contributed by atoms with Crippen LogP contribution in [0.1, 0.15) is 68.5 Å². The van der Waals surface area contributed by atoms with Crippen LogP contribution in [0.3, 0.4) is 0 Å². The Kier molecular flexibility index (Phi) is 3.52. The van der Waals surface area contributed by atoms with Gasteiger partial charge in [0.2, 0.25) is 0 Å². The number of esters is 1. The number of methoxy groups -OCH3 is 1. The summed E-state index contributed by atoms with van der Waals surface area (Å²) in [7, 11) is 1.40. The summed E-state index contributed by atoms with van der Waals surface area (Å²) in [5.41, 5.74) is 7.03. The largest absolute Gasteiger partial charge is 0.465 e. The van der Waals surface area contributed by atoms with Crippen LogP contribution in [0.15, 0.2) is 30.3 Å². The number of aldehydes is 1. The molecular formula is C21H20O3. The van der Waals surface area contributed by atoms with Gasteiger partial charge in [0.1, 0.15) is 6.29 Å². The maximum Gasteiger partial charge on any atom is 0.338 e. The van der Waals surface area contributed by atoms with Gasteiger partial charge in [-0.1, -0.05) is 12.1 Å². The molecule has 2 bridgehead atoms. The second-order valence-corrected chi connectivity index (χ2v) is 6.92. The summed E-state index contributed by atoms with van der Waals surface area (Å²) in [6.45, 7) is 1.91. The van der Waals surface area contributed by atoms with Crippen molar-refractivity contribution >= 4 is 12.3 Å². The molecule has 1 fully saturated rings. The quantitative estimate of drug-likeness (QED) is 0.612. The van der Waals surface area contributed by atoms with E-state index in [1.807, 2.05) is 31.2 Å². The number of carbonyl (C=O) groups excluding carboxylic acids is 2. The lowest BCUT2D eigenvalue weighted by atomic mass is 9.84. The predicted octanol–water partition coefficient (Wildman–Crippen LogP) is 4.63. The van der Waals surface area contributed by atoms with E-state index in [0.717, 1.165) is 28.5 Å². The zero-order chi connectivity index (χ0) is 16.8.